The van der Waals surface area contributed by atoms with Gasteiger partial charge in [-0.25, -0.2) is 9.78 Å². The van der Waals surface area contributed by atoms with Crippen molar-refractivity contribution in [2.24, 2.45) is 16.9 Å². The number of pyridine rings is 2. The largest absolute Gasteiger partial charge is 0.497 e. The topological polar surface area (TPSA) is 194 Å². The quantitative estimate of drug-likeness (QED) is 0.201. The van der Waals surface area contributed by atoms with Crippen LogP contribution in [0.5, 0.6) is 5.75 Å². The highest BCUT2D eigenvalue weighted by atomic mass is 16.5. The van der Waals surface area contributed by atoms with Gasteiger partial charge in [-0.05, 0) is 93.6 Å². The molecular formula is C34H43N7O6. The Labute approximate surface area is 274 Å². The molecule has 1 atom stereocenters. The third-order valence-corrected chi connectivity index (χ3v) is 9.34. The van der Waals surface area contributed by atoms with E-state index in [1.807, 2.05) is 41.4 Å². The van der Waals surface area contributed by atoms with Gasteiger partial charge >= 0.3 is 5.97 Å². The number of anilines is 1. The number of nitrogens with two attached hydrogens (primary N) is 2. The van der Waals surface area contributed by atoms with E-state index < -0.39 is 41.7 Å². The Morgan fingerprint density at radius 3 is 2.23 bits per heavy atom. The van der Waals surface area contributed by atoms with Crippen LogP contribution < -0.4 is 26.4 Å². The fraction of sp³-hybridized carbons (Fsp3) is 0.412. The summed E-state index contributed by atoms with van der Waals surface area (Å²) in [5, 5.41) is 12.0. The lowest BCUT2D eigenvalue weighted by atomic mass is 9.77. The first-order valence-electron chi connectivity index (χ1n) is 15.4. The van der Waals surface area contributed by atoms with Gasteiger partial charge in [0.1, 0.15) is 11.4 Å². The maximum atomic E-state index is 13.3. The summed E-state index contributed by atoms with van der Waals surface area (Å²) in [4.78, 5) is 63.4. The summed E-state index contributed by atoms with van der Waals surface area (Å²) in [6.07, 6.45) is 5.09. The van der Waals surface area contributed by atoms with E-state index >= 15 is 0 Å². The van der Waals surface area contributed by atoms with Gasteiger partial charge in [0.25, 0.3) is 5.91 Å². The van der Waals surface area contributed by atoms with Crippen molar-refractivity contribution in [3.05, 3.63) is 82.4 Å². The number of rotatable bonds is 13. The Kier molecular flexibility index (Phi) is 10.8. The van der Waals surface area contributed by atoms with Crippen LogP contribution in [0.4, 0.5) is 5.69 Å². The number of aromatic carboxylic acids is 1. The van der Waals surface area contributed by atoms with Crippen LogP contribution in [0.1, 0.15) is 63.0 Å². The number of aryl methyl sites for hydroxylation is 3. The van der Waals surface area contributed by atoms with E-state index in [9.17, 15) is 24.3 Å². The lowest BCUT2D eigenvalue weighted by molar-refractivity contribution is -0.144. The predicted molar refractivity (Wildman–Crippen MR) is 176 cm³/mol. The molecule has 0 radical (unpaired) electrons. The summed E-state index contributed by atoms with van der Waals surface area (Å²) in [5.41, 5.74) is 13.6. The third kappa shape index (κ3) is 7.35. The molecule has 2 aromatic heterocycles. The zero-order chi connectivity index (χ0) is 34.5. The zero-order valence-corrected chi connectivity index (χ0v) is 27.4. The number of ether oxygens (including phenoxy) is 1. The normalized spacial score (nSPS) is 14.7. The molecule has 3 amide bonds. The second kappa shape index (κ2) is 14.6. The van der Waals surface area contributed by atoms with Crippen LogP contribution in [-0.4, -0.2) is 82.5 Å². The number of aromatic nitrogens is 2. The minimum atomic E-state index is -1.92. The van der Waals surface area contributed by atoms with Crippen molar-refractivity contribution in [3.8, 4) is 5.75 Å². The van der Waals surface area contributed by atoms with Crippen LogP contribution >= 0.6 is 0 Å². The summed E-state index contributed by atoms with van der Waals surface area (Å²) in [7, 11) is 1.63. The van der Waals surface area contributed by atoms with Gasteiger partial charge in [-0.1, -0.05) is 0 Å². The van der Waals surface area contributed by atoms with E-state index in [2.05, 4.69) is 27.1 Å². The number of likely N-dealkylation sites (tertiary alicyclic amines) is 1. The number of methoxy groups -OCH3 is 1. The molecule has 47 heavy (non-hydrogen) atoms. The lowest BCUT2D eigenvalue weighted by Crippen LogP contribution is -2.65. The van der Waals surface area contributed by atoms with Gasteiger partial charge in [0, 0.05) is 56.3 Å². The monoisotopic (exact) mass is 645 g/mol. The average molecular weight is 646 g/mol. The molecule has 1 aromatic carbocycles. The number of hydrogen-bond acceptors (Lipinski definition) is 9. The molecule has 0 aliphatic carbocycles. The summed E-state index contributed by atoms with van der Waals surface area (Å²) < 4.78 is 5.37. The Morgan fingerprint density at radius 1 is 1.06 bits per heavy atom. The number of carbonyl (C=O) groups is 4. The van der Waals surface area contributed by atoms with Crippen LogP contribution in [0.3, 0.4) is 0 Å². The van der Waals surface area contributed by atoms with Gasteiger partial charge in [-0.15, -0.1) is 0 Å². The third-order valence-electron chi connectivity index (χ3n) is 9.34. The van der Waals surface area contributed by atoms with Crippen LogP contribution in [0.2, 0.25) is 0 Å². The molecule has 1 aliphatic rings. The Hall–Kier alpha value is -5.04. The van der Waals surface area contributed by atoms with Crippen molar-refractivity contribution in [1.29, 1.82) is 0 Å². The zero-order valence-electron chi connectivity index (χ0n) is 27.4. The molecule has 4 rings (SSSR count). The van der Waals surface area contributed by atoms with Crippen molar-refractivity contribution >= 4 is 29.4 Å². The molecule has 1 saturated heterocycles. The smallest absolute Gasteiger partial charge is 0.354 e. The first-order chi connectivity index (χ1) is 22.3. The Morgan fingerprint density at radius 2 is 1.70 bits per heavy atom. The summed E-state index contributed by atoms with van der Waals surface area (Å²) >= 11 is 0. The van der Waals surface area contributed by atoms with Gasteiger partial charge in [-0.2, -0.15) is 0 Å². The van der Waals surface area contributed by atoms with Gasteiger partial charge in [0.2, 0.25) is 11.8 Å². The number of carbonyl (C=O) groups excluding carboxylic acids is 3. The number of nitrogens with zero attached hydrogens (tertiary/aromatic N) is 4. The van der Waals surface area contributed by atoms with Gasteiger partial charge < -0.3 is 31.5 Å². The van der Waals surface area contributed by atoms with Crippen molar-refractivity contribution in [1.82, 2.24) is 20.2 Å². The Bertz CT molecular complexity index is 1600. The van der Waals surface area contributed by atoms with Gasteiger partial charge in [0.15, 0.2) is 5.41 Å². The molecule has 1 aliphatic heterocycles. The summed E-state index contributed by atoms with van der Waals surface area (Å²) in [5.74, 6) is -2.97. The molecule has 3 heterocycles. The van der Waals surface area contributed by atoms with Crippen molar-refractivity contribution in [2.75, 3.05) is 31.6 Å². The number of carboxylic acid groups (broad SMARTS) is 1. The van der Waals surface area contributed by atoms with Crippen LogP contribution in [-0.2, 0) is 16.1 Å². The number of piperidine rings is 1. The molecule has 0 bridgehead atoms. The second-order valence-corrected chi connectivity index (χ2v) is 12.0. The highest BCUT2D eigenvalue weighted by molar-refractivity contribution is 6.06. The molecule has 1 fully saturated rings. The second-order valence-electron chi connectivity index (χ2n) is 12.0. The first kappa shape index (κ1) is 34.8. The lowest BCUT2D eigenvalue weighted by Gasteiger charge is -2.45. The van der Waals surface area contributed by atoms with Gasteiger partial charge in [0.05, 0.1) is 18.4 Å². The number of primary amides is 2. The van der Waals surface area contributed by atoms with E-state index in [4.69, 9.17) is 16.2 Å². The minimum Gasteiger partial charge on any atom is -0.497 e. The van der Waals surface area contributed by atoms with E-state index in [-0.39, 0.29) is 23.0 Å². The molecule has 6 N–H and O–H groups in total. The van der Waals surface area contributed by atoms with Crippen molar-refractivity contribution in [2.45, 2.75) is 59.2 Å². The SMILES string of the molecule is COc1ccc(N(Cc2cnccc2C)C2CCN([C@H](C)C(CNC(=O)c3c(C)cc(C(=O)O)nc3C)(C(N)=O)C(N)=O)CC2)cc1. The molecule has 13 heteroatoms. The fourth-order valence-corrected chi connectivity index (χ4v) is 6.39. The number of hydrogen-bond donors (Lipinski definition) is 4. The summed E-state index contributed by atoms with van der Waals surface area (Å²) in [6.45, 7) is 8.18. The van der Waals surface area contributed by atoms with E-state index in [0.29, 0.717) is 25.2 Å². The maximum Gasteiger partial charge on any atom is 0.354 e. The van der Waals surface area contributed by atoms with E-state index in [1.54, 1.807) is 27.2 Å². The number of amides is 3. The number of benzene rings is 1. The summed E-state index contributed by atoms with van der Waals surface area (Å²) in [6, 6.07) is 10.6. The molecule has 0 unspecified atom stereocenters. The minimum absolute atomic E-state index is 0.134. The van der Waals surface area contributed by atoms with Crippen LogP contribution in [0.15, 0.2) is 48.8 Å². The van der Waals surface area contributed by atoms with Crippen LogP contribution in [0.25, 0.3) is 0 Å². The molecule has 0 saturated carbocycles. The highest BCUT2D eigenvalue weighted by Gasteiger charge is 2.51. The van der Waals surface area contributed by atoms with E-state index in [1.165, 1.54) is 13.0 Å². The van der Waals surface area contributed by atoms with Crippen LogP contribution in [0, 0.1) is 26.2 Å². The molecule has 0 spiro atoms. The molecule has 13 nitrogen and oxygen atoms in total. The number of carboxylic acids is 1. The molecule has 250 valence electrons. The van der Waals surface area contributed by atoms with Crippen molar-refractivity contribution < 1.29 is 29.0 Å². The average Bonchev–Trinajstić information content (AvgIpc) is 3.04. The standard InChI is InChI=1S/C34H43N7O6/c1-20-10-13-37-17-24(20)18-41(25-6-8-27(47-5)9-7-25)26-11-14-40(15-12-26)23(4)34(32(35)45,33(36)46)19-38-30(42)29-21(2)16-28(31(43)44)39-22(29)3/h6-10,13,16-17,23,26H,11-12,14-15,18-19H2,1-5H3,(H2,35,45)(H2,36,46)(H,38,42)(H,43,44)/t23-/m1/s1. The fourth-order valence-electron chi connectivity index (χ4n) is 6.39. The molecule has 3 aromatic rings. The highest BCUT2D eigenvalue weighted by Crippen LogP contribution is 2.32. The molecular weight excluding hydrogens is 602 g/mol. The number of nitrogens with one attached hydrogen (secondary N) is 1. The van der Waals surface area contributed by atoms with Crippen molar-refractivity contribution in [3.63, 3.8) is 0 Å². The Balaban J connectivity index is 1.54. The van der Waals surface area contributed by atoms with E-state index in [0.717, 1.165) is 35.4 Å². The predicted octanol–water partition coefficient (Wildman–Crippen LogP) is 2.36. The van der Waals surface area contributed by atoms with Gasteiger partial charge in [-0.3, -0.25) is 24.3 Å². The first-order valence-corrected chi connectivity index (χ1v) is 15.4. The maximum absolute atomic E-state index is 13.3.